The van der Waals surface area contributed by atoms with Gasteiger partial charge >= 0.3 is 0 Å². The Morgan fingerprint density at radius 1 is 0.947 bits per heavy atom. The summed E-state index contributed by atoms with van der Waals surface area (Å²) in [5.41, 5.74) is 6.05. The molecule has 0 bridgehead atoms. The van der Waals surface area contributed by atoms with Gasteiger partial charge in [0.2, 0.25) is 0 Å². The standard InChI is InChI=1S/C16H15NS2/c1-2-4-14-12(3-1)15(11-5-8-17-9-6-11)13-7-10-18-16(13)19-14/h1-4,7,10,17H,5-6,8-9H2. The van der Waals surface area contributed by atoms with Gasteiger partial charge in [-0.25, -0.2) is 0 Å². The molecule has 4 rings (SSSR count). The number of piperidine rings is 1. The predicted octanol–water partition coefficient (Wildman–Crippen LogP) is 4.40. The van der Waals surface area contributed by atoms with E-state index < -0.39 is 0 Å². The Labute approximate surface area is 121 Å². The predicted molar refractivity (Wildman–Crippen MR) is 83.0 cm³/mol. The molecular weight excluding hydrogens is 270 g/mol. The number of rotatable bonds is 0. The molecule has 2 aromatic rings. The molecular formula is C16H15NS2. The molecule has 96 valence electrons. The zero-order valence-electron chi connectivity index (χ0n) is 10.6. The van der Waals surface area contributed by atoms with E-state index in [2.05, 4.69) is 41.0 Å². The van der Waals surface area contributed by atoms with E-state index >= 15 is 0 Å². The summed E-state index contributed by atoms with van der Waals surface area (Å²) in [5.74, 6) is 0. The van der Waals surface area contributed by atoms with Gasteiger partial charge in [0.15, 0.2) is 0 Å². The van der Waals surface area contributed by atoms with E-state index in [1.165, 1.54) is 38.6 Å². The van der Waals surface area contributed by atoms with Gasteiger partial charge in [0.25, 0.3) is 0 Å². The Hall–Kier alpha value is -1.03. The van der Waals surface area contributed by atoms with Crippen LogP contribution in [-0.2, 0) is 0 Å². The smallest absolute Gasteiger partial charge is 0.0725 e. The molecule has 1 nitrogen and oxygen atoms in total. The van der Waals surface area contributed by atoms with Crippen LogP contribution in [0.2, 0.25) is 0 Å². The minimum atomic E-state index is 1.12. The molecule has 1 N–H and O–H groups in total. The molecule has 2 aliphatic heterocycles. The number of nitrogens with one attached hydrogen (secondary N) is 1. The van der Waals surface area contributed by atoms with Crippen LogP contribution in [0.25, 0.3) is 5.57 Å². The minimum absolute atomic E-state index is 1.12. The molecule has 3 heteroatoms. The Bertz CT molecular complexity index is 646. The summed E-state index contributed by atoms with van der Waals surface area (Å²) < 4.78 is 1.46. The highest BCUT2D eigenvalue weighted by Gasteiger charge is 2.24. The molecule has 0 aliphatic carbocycles. The molecule has 1 fully saturated rings. The molecule has 0 saturated carbocycles. The normalized spacial score (nSPS) is 18.1. The first-order valence-electron chi connectivity index (χ1n) is 6.71. The topological polar surface area (TPSA) is 12.0 Å². The van der Waals surface area contributed by atoms with Crippen molar-refractivity contribution in [2.75, 3.05) is 13.1 Å². The van der Waals surface area contributed by atoms with Crippen LogP contribution in [0.5, 0.6) is 0 Å². The third-order valence-corrected chi connectivity index (χ3v) is 6.04. The van der Waals surface area contributed by atoms with Crippen molar-refractivity contribution in [2.45, 2.75) is 21.9 Å². The molecule has 0 unspecified atom stereocenters. The lowest BCUT2D eigenvalue weighted by Crippen LogP contribution is -2.24. The number of hydrogen-bond acceptors (Lipinski definition) is 3. The van der Waals surface area contributed by atoms with Crippen LogP contribution in [0.1, 0.15) is 24.0 Å². The van der Waals surface area contributed by atoms with E-state index in [1.54, 1.807) is 5.57 Å². The summed E-state index contributed by atoms with van der Waals surface area (Å²) >= 11 is 3.80. The highest BCUT2D eigenvalue weighted by atomic mass is 32.2. The van der Waals surface area contributed by atoms with Gasteiger partial charge in [-0.3, -0.25) is 0 Å². The van der Waals surface area contributed by atoms with Crippen molar-refractivity contribution < 1.29 is 0 Å². The van der Waals surface area contributed by atoms with E-state index in [4.69, 9.17) is 0 Å². The third-order valence-electron chi connectivity index (χ3n) is 3.82. The molecule has 0 atom stereocenters. The lowest BCUT2D eigenvalue weighted by molar-refractivity contribution is 0.611. The average molecular weight is 285 g/mol. The fourth-order valence-corrected chi connectivity index (χ4v) is 5.09. The molecule has 3 heterocycles. The second-order valence-corrected chi connectivity index (χ2v) is 7.18. The van der Waals surface area contributed by atoms with Crippen molar-refractivity contribution >= 4 is 28.7 Å². The van der Waals surface area contributed by atoms with Gasteiger partial charge in [0.1, 0.15) is 0 Å². The second kappa shape index (κ2) is 4.82. The molecule has 1 saturated heterocycles. The summed E-state index contributed by atoms with van der Waals surface area (Å²) in [7, 11) is 0. The van der Waals surface area contributed by atoms with Crippen molar-refractivity contribution in [1.82, 2.24) is 5.32 Å². The molecule has 1 aromatic heterocycles. The van der Waals surface area contributed by atoms with Crippen LogP contribution in [0.4, 0.5) is 0 Å². The number of fused-ring (bicyclic) bond motifs is 2. The van der Waals surface area contributed by atoms with Crippen LogP contribution >= 0.6 is 23.1 Å². The number of benzene rings is 1. The maximum atomic E-state index is 3.46. The first kappa shape index (κ1) is 11.8. The zero-order chi connectivity index (χ0) is 12.7. The Balaban J connectivity index is 1.95. The highest BCUT2D eigenvalue weighted by molar-refractivity contribution is 8.01. The first-order chi connectivity index (χ1) is 9.43. The third kappa shape index (κ3) is 1.97. The van der Waals surface area contributed by atoms with Gasteiger partial charge in [-0.05, 0) is 54.6 Å². The molecule has 19 heavy (non-hydrogen) atoms. The quantitative estimate of drug-likeness (QED) is 0.657. The largest absolute Gasteiger partial charge is 0.316 e. The fraction of sp³-hybridized carbons (Fsp3) is 0.250. The molecule has 2 aliphatic rings. The number of hydrogen-bond donors (Lipinski definition) is 1. The minimum Gasteiger partial charge on any atom is -0.316 e. The number of thiophene rings is 1. The second-order valence-electron chi connectivity index (χ2n) is 4.95. The van der Waals surface area contributed by atoms with Gasteiger partial charge in [-0.2, -0.15) is 0 Å². The van der Waals surface area contributed by atoms with Gasteiger partial charge < -0.3 is 5.32 Å². The monoisotopic (exact) mass is 285 g/mol. The van der Waals surface area contributed by atoms with E-state index in [1.807, 2.05) is 23.1 Å². The summed E-state index contributed by atoms with van der Waals surface area (Å²) in [5, 5.41) is 5.69. The summed E-state index contributed by atoms with van der Waals surface area (Å²) in [6.45, 7) is 2.24. The lowest BCUT2D eigenvalue weighted by Gasteiger charge is -2.25. The van der Waals surface area contributed by atoms with E-state index in [0.29, 0.717) is 0 Å². The summed E-state index contributed by atoms with van der Waals surface area (Å²) in [4.78, 5) is 1.42. The van der Waals surface area contributed by atoms with Crippen molar-refractivity contribution in [2.24, 2.45) is 0 Å². The summed E-state index contributed by atoms with van der Waals surface area (Å²) in [6, 6.07) is 11.2. The van der Waals surface area contributed by atoms with E-state index in [0.717, 1.165) is 13.1 Å². The first-order valence-corrected chi connectivity index (χ1v) is 8.41. The molecule has 0 radical (unpaired) electrons. The summed E-state index contributed by atoms with van der Waals surface area (Å²) in [6.07, 6.45) is 2.37. The van der Waals surface area contributed by atoms with Crippen LogP contribution in [0.3, 0.4) is 0 Å². The van der Waals surface area contributed by atoms with Crippen molar-refractivity contribution in [1.29, 1.82) is 0 Å². The van der Waals surface area contributed by atoms with Crippen LogP contribution in [0, 0.1) is 0 Å². The Morgan fingerprint density at radius 2 is 1.79 bits per heavy atom. The van der Waals surface area contributed by atoms with Crippen LogP contribution in [-0.4, -0.2) is 13.1 Å². The van der Waals surface area contributed by atoms with E-state index in [9.17, 15) is 0 Å². The van der Waals surface area contributed by atoms with Gasteiger partial charge in [-0.1, -0.05) is 35.5 Å². The lowest BCUT2D eigenvalue weighted by atomic mass is 9.90. The Kier molecular flexibility index (Phi) is 2.98. The average Bonchev–Trinajstić information content (AvgIpc) is 2.93. The van der Waals surface area contributed by atoms with E-state index in [-0.39, 0.29) is 0 Å². The van der Waals surface area contributed by atoms with Crippen molar-refractivity contribution in [3.8, 4) is 0 Å². The molecule has 0 amide bonds. The molecule has 1 aromatic carbocycles. The highest BCUT2D eigenvalue weighted by Crippen LogP contribution is 2.49. The molecule has 0 spiro atoms. The van der Waals surface area contributed by atoms with Gasteiger partial charge in [-0.15, -0.1) is 11.3 Å². The van der Waals surface area contributed by atoms with Crippen LogP contribution < -0.4 is 5.32 Å². The Morgan fingerprint density at radius 3 is 2.68 bits per heavy atom. The maximum absolute atomic E-state index is 3.46. The van der Waals surface area contributed by atoms with Gasteiger partial charge in [0, 0.05) is 10.5 Å². The van der Waals surface area contributed by atoms with Crippen molar-refractivity contribution in [3.63, 3.8) is 0 Å². The maximum Gasteiger partial charge on any atom is 0.0725 e. The zero-order valence-corrected chi connectivity index (χ0v) is 12.2. The van der Waals surface area contributed by atoms with Gasteiger partial charge in [0.05, 0.1) is 4.21 Å². The SMILES string of the molecule is c1ccc2c(c1)Sc1sccc1C2=C1CCNCC1. The van der Waals surface area contributed by atoms with Crippen LogP contribution in [0.15, 0.2) is 50.4 Å². The fourth-order valence-electron chi connectivity index (χ4n) is 2.93. The van der Waals surface area contributed by atoms with Crippen molar-refractivity contribution in [3.05, 3.63) is 52.4 Å².